The number of nitrogens with zero attached hydrogens (tertiary/aromatic N) is 1. The minimum Gasteiger partial charge on any atom is -0.465 e. The number of fused-ring (bicyclic) bond motifs is 1. The van der Waals surface area contributed by atoms with Crippen LogP contribution in [-0.2, 0) is 23.9 Å². The molecule has 2 amide bonds. The summed E-state index contributed by atoms with van der Waals surface area (Å²) in [5.74, 6) is -2.52. The zero-order chi connectivity index (χ0) is 20.8. The highest BCUT2D eigenvalue weighted by Gasteiger charge is 2.66. The minimum atomic E-state index is -0.880. The van der Waals surface area contributed by atoms with Crippen LogP contribution < -0.4 is 5.32 Å². The highest BCUT2D eigenvalue weighted by Crippen LogP contribution is 2.52. The lowest BCUT2D eigenvalue weighted by Gasteiger charge is -2.23. The van der Waals surface area contributed by atoms with Crippen molar-refractivity contribution in [3.63, 3.8) is 0 Å². The fourth-order valence-corrected chi connectivity index (χ4v) is 4.39. The van der Waals surface area contributed by atoms with Gasteiger partial charge in [0.2, 0.25) is 11.8 Å². The summed E-state index contributed by atoms with van der Waals surface area (Å²) < 4.78 is 11.0. The molecule has 2 fully saturated rings. The standard InChI is InChI=1S/C21H22N2O6/c1-3-28-16(25)10-23-11-21-9-8-15(29-21)17(18(21)20(23)27)19(26)22-14-6-4-13(5-7-14)12(2)24/h4-9,15,17-18H,3,10-11H2,1-2H3,(H,22,26)/t15-,17?,18-,21?/m1/s1. The van der Waals surface area contributed by atoms with Gasteiger partial charge in [-0.25, -0.2) is 0 Å². The van der Waals surface area contributed by atoms with Gasteiger partial charge in [0.1, 0.15) is 12.1 Å². The van der Waals surface area contributed by atoms with Crippen LogP contribution in [0, 0.1) is 11.8 Å². The molecule has 0 aromatic heterocycles. The zero-order valence-corrected chi connectivity index (χ0v) is 16.2. The molecule has 1 spiro atoms. The normalized spacial score (nSPS) is 29.1. The number of hydrogen-bond acceptors (Lipinski definition) is 6. The summed E-state index contributed by atoms with van der Waals surface area (Å²) in [5.41, 5.74) is 0.206. The van der Waals surface area contributed by atoms with Gasteiger partial charge >= 0.3 is 5.97 Å². The first-order valence-electron chi connectivity index (χ1n) is 9.58. The third-order valence-electron chi connectivity index (χ3n) is 5.67. The van der Waals surface area contributed by atoms with Crippen LogP contribution in [0.3, 0.4) is 0 Å². The number of amides is 2. The van der Waals surface area contributed by atoms with Crippen molar-refractivity contribution < 1.29 is 28.7 Å². The van der Waals surface area contributed by atoms with Crippen LogP contribution in [0.15, 0.2) is 36.4 Å². The summed E-state index contributed by atoms with van der Waals surface area (Å²) in [6, 6.07) is 6.58. The first-order valence-corrected chi connectivity index (χ1v) is 9.58. The number of nitrogens with one attached hydrogen (secondary N) is 1. The van der Waals surface area contributed by atoms with E-state index in [4.69, 9.17) is 9.47 Å². The second-order valence-electron chi connectivity index (χ2n) is 7.52. The van der Waals surface area contributed by atoms with Gasteiger partial charge in [-0.2, -0.15) is 0 Å². The first kappa shape index (κ1) is 19.3. The van der Waals surface area contributed by atoms with Gasteiger partial charge in [0.25, 0.3) is 0 Å². The highest BCUT2D eigenvalue weighted by atomic mass is 16.5. The molecule has 3 heterocycles. The van der Waals surface area contributed by atoms with E-state index in [0.717, 1.165) is 0 Å². The number of benzene rings is 1. The molecule has 2 saturated heterocycles. The van der Waals surface area contributed by atoms with Gasteiger partial charge < -0.3 is 19.7 Å². The number of carbonyl (C=O) groups is 4. The fourth-order valence-electron chi connectivity index (χ4n) is 4.39. The Morgan fingerprint density at radius 3 is 2.66 bits per heavy atom. The lowest BCUT2D eigenvalue weighted by atomic mass is 9.77. The summed E-state index contributed by atoms with van der Waals surface area (Å²) in [6.07, 6.45) is 3.16. The Hall–Kier alpha value is -3.00. The number of anilines is 1. The molecule has 0 saturated carbocycles. The molecule has 0 radical (unpaired) electrons. The van der Waals surface area contributed by atoms with Crippen molar-refractivity contribution >= 4 is 29.3 Å². The predicted octanol–water partition coefficient (Wildman–Crippen LogP) is 1.17. The number of ether oxygens (including phenoxy) is 2. The number of ketones is 1. The Balaban J connectivity index is 1.50. The summed E-state index contributed by atoms with van der Waals surface area (Å²) >= 11 is 0. The molecule has 1 aromatic carbocycles. The SMILES string of the molecule is CCOC(=O)CN1CC23C=C[C@@H](O2)C(C(=O)Nc2ccc(C(C)=O)cc2)[C@@H]3C1=O. The Morgan fingerprint density at radius 2 is 2.00 bits per heavy atom. The highest BCUT2D eigenvalue weighted by molar-refractivity contribution is 6.00. The van der Waals surface area contributed by atoms with E-state index in [-0.39, 0.29) is 37.3 Å². The van der Waals surface area contributed by atoms with Crippen molar-refractivity contribution in [3.05, 3.63) is 42.0 Å². The molecule has 2 unspecified atom stereocenters. The number of rotatable bonds is 6. The van der Waals surface area contributed by atoms with E-state index in [1.165, 1.54) is 11.8 Å². The van der Waals surface area contributed by atoms with Crippen LogP contribution in [-0.4, -0.2) is 59.9 Å². The Labute approximate surface area is 167 Å². The molecule has 8 heteroatoms. The predicted molar refractivity (Wildman–Crippen MR) is 102 cm³/mol. The molecule has 4 rings (SSSR count). The van der Waals surface area contributed by atoms with E-state index >= 15 is 0 Å². The molecule has 152 valence electrons. The third kappa shape index (κ3) is 3.23. The van der Waals surface area contributed by atoms with Gasteiger partial charge in [-0.15, -0.1) is 0 Å². The van der Waals surface area contributed by atoms with Crippen LogP contribution in [0.2, 0.25) is 0 Å². The average Bonchev–Trinajstić information content (AvgIpc) is 3.31. The van der Waals surface area contributed by atoms with E-state index in [1.807, 2.05) is 6.08 Å². The van der Waals surface area contributed by atoms with Crippen LogP contribution in [0.5, 0.6) is 0 Å². The second-order valence-corrected chi connectivity index (χ2v) is 7.52. The van der Waals surface area contributed by atoms with Crippen molar-refractivity contribution in [2.24, 2.45) is 11.8 Å². The maximum atomic E-state index is 13.0. The molecule has 4 atom stereocenters. The molecular weight excluding hydrogens is 376 g/mol. The largest absolute Gasteiger partial charge is 0.465 e. The quantitative estimate of drug-likeness (QED) is 0.439. The van der Waals surface area contributed by atoms with Crippen molar-refractivity contribution in [2.75, 3.05) is 25.0 Å². The number of hydrogen-bond donors (Lipinski definition) is 1. The van der Waals surface area contributed by atoms with Crippen molar-refractivity contribution in [2.45, 2.75) is 25.6 Å². The smallest absolute Gasteiger partial charge is 0.325 e. The molecule has 29 heavy (non-hydrogen) atoms. The van der Waals surface area contributed by atoms with E-state index in [0.29, 0.717) is 11.3 Å². The van der Waals surface area contributed by atoms with Gasteiger partial charge in [-0.3, -0.25) is 19.2 Å². The van der Waals surface area contributed by atoms with Crippen LogP contribution in [0.4, 0.5) is 5.69 Å². The number of likely N-dealkylation sites (tertiary alicyclic amines) is 1. The van der Waals surface area contributed by atoms with E-state index in [9.17, 15) is 19.2 Å². The Bertz CT molecular complexity index is 908. The second kappa shape index (κ2) is 7.11. The Morgan fingerprint density at radius 1 is 1.28 bits per heavy atom. The van der Waals surface area contributed by atoms with Crippen LogP contribution in [0.1, 0.15) is 24.2 Å². The molecule has 3 aliphatic rings. The van der Waals surface area contributed by atoms with Crippen molar-refractivity contribution in [1.29, 1.82) is 0 Å². The van der Waals surface area contributed by atoms with Gasteiger partial charge in [0, 0.05) is 11.3 Å². The molecule has 8 nitrogen and oxygen atoms in total. The monoisotopic (exact) mass is 398 g/mol. The average molecular weight is 398 g/mol. The molecule has 3 aliphatic heterocycles. The number of carbonyl (C=O) groups excluding carboxylic acids is 4. The van der Waals surface area contributed by atoms with Gasteiger partial charge in [0.15, 0.2) is 5.78 Å². The molecule has 1 aromatic rings. The fraction of sp³-hybridized carbons (Fsp3) is 0.429. The maximum absolute atomic E-state index is 13.0. The molecule has 1 N–H and O–H groups in total. The topological polar surface area (TPSA) is 102 Å². The molecular formula is C21H22N2O6. The molecule has 2 bridgehead atoms. The zero-order valence-electron chi connectivity index (χ0n) is 16.2. The number of esters is 1. The van der Waals surface area contributed by atoms with Gasteiger partial charge in [-0.05, 0) is 38.1 Å². The van der Waals surface area contributed by atoms with Crippen LogP contribution in [0.25, 0.3) is 0 Å². The summed E-state index contributed by atoms with van der Waals surface area (Å²) in [5, 5.41) is 2.81. The maximum Gasteiger partial charge on any atom is 0.325 e. The first-order chi connectivity index (χ1) is 13.8. The lowest BCUT2D eigenvalue weighted by Crippen LogP contribution is -2.41. The molecule has 0 aliphatic carbocycles. The lowest BCUT2D eigenvalue weighted by molar-refractivity contribution is -0.148. The van der Waals surface area contributed by atoms with Gasteiger partial charge in [0.05, 0.1) is 31.1 Å². The van der Waals surface area contributed by atoms with E-state index in [2.05, 4.69) is 5.32 Å². The summed E-state index contributed by atoms with van der Waals surface area (Å²) in [4.78, 5) is 50.6. The van der Waals surface area contributed by atoms with Gasteiger partial charge in [-0.1, -0.05) is 12.2 Å². The van der Waals surface area contributed by atoms with Crippen molar-refractivity contribution in [3.8, 4) is 0 Å². The van der Waals surface area contributed by atoms with Crippen molar-refractivity contribution in [1.82, 2.24) is 4.90 Å². The van der Waals surface area contributed by atoms with Crippen LogP contribution >= 0.6 is 0 Å². The summed E-state index contributed by atoms with van der Waals surface area (Å²) in [6.45, 7) is 3.47. The summed E-state index contributed by atoms with van der Waals surface area (Å²) in [7, 11) is 0. The third-order valence-corrected chi connectivity index (χ3v) is 5.67. The van der Waals surface area contributed by atoms with E-state index < -0.39 is 29.5 Å². The number of Topliss-reactive ketones (excluding diaryl/α,β-unsaturated/α-hetero) is 1. The minimum absolute atomic E-state index is 0.0605. The Kier molecular flexibility index (Phi) is 4.74. The van der Waals surface area contributed by atoms with E-state index in [1.54, 1.807) is 37.3 Å².